The molecule has 0 aromatic carbocycles. The normalized spacial score (nSPS) is 12.8. The van der Waals surface area contributed by atoms with Crippen molar-refractivity contribution in [3.63, 3.8) is 0 Å². The Morgan fingerprint density at radius 2 is 1.05 bits per heavy atom. The number of hydrogen-bond donors (Lipinski definition) is 3. The van der Waals surface area contributed by atoms with Gasteiger partial charge in [0.1, 0.15) is 0 Å². The molecule has 0 radical (unpaired) electrons. The molecule has 0 rings (SSSR count). The Kier molecular flexibility index (Phi) is 29.9. The summed E-state index contributed by atoms with van der Waals surface area (Å²) in [4.78, 5) is 21.6. The van der Waals surface area contributed by atoms with Gasteiger partial charge in [-0.2, -0.15) is 11.8 Å². The molecule has 0 aliphatic rings. The zero-order valence-electron chi connectivity index (χ0n) is 14.7. The van der Waals surface area contributed by atoms with Crippen molar-refractivity contribution in [3.8, 4) is 0 Å². The molecule has 2 atom stereocenters. The summed E-state index contributed by atoms with van der Waals surface area (Å²) >= 11 is 0. The van der Waals surface area contributed by atoms with Crippen LogP contribution in [0.25, 0.3) is 0 Å². The van der Waals surface area contributed by atoms with E-state index in [-0.39, 0.29) is 16.5 Å². The second kappa shape index (κ2) is 21.6. The van der Waals surface area contributed by atoms with Crippen molar-refractivity contribution >= 4 is 7.82 Å². The molecule has 0 saturated heterocycles. The molecule has 0 spiro atoms. The topological polar surface area (TPSA) is 77.8 Å². The van der Waals surface area contributed by atoms with Gasteiger partial charge in [-0.25, -0.2) is 4.57 Å². The minimum absolute atomic E-state index is 0. The van der Waals surface area contributed by atoms with Crippen molar-refractivity contribution in [1.29, 1.82) is 0 Å². The van der Waals surface area contributed by atoms with E-state index in [0.29, 0.717) is 11.8 Å². The first-order valence-corrected chi connectivity index (χ1v) is 9.63. The average molecular weight is 383 g/mol. The van der Waals surface area contributed by atoms with Crippen LogP contribution in [0.2, 0.25) is 0 Å². The van der Waals surface area contributed by atoms with Crippen LogP contribution in [-0.2, 0) is 21.1 Å². The SMILES string of the molecule is O=P(O)(O)O.[CH2-]C(CC)CCCC.[CH2-]C(CC)CCCC.[Ni+2]. The standard InChI is InChI=1S/2C8H17.Ni.H3O4P/c2*1-4-6-7-8(3)5-2;;1-5(2,3)4/h2*8H,3-7H2,1-2H3;;(H3,1,2,3,4)/q2*-1;+2;. The van der Waals surface area contributed by atoms with Crippen LogP contribution in [0, 0.1) is 25.7 Å². The second-order valence-electron chi connectivity index (χ2n) is 5.35. The fourth-order valence-corrected chi connectivity index (χ4v) is 1.39. The maximum Gasteiger partial charge on any atom is 2.00 e. The Morgan fingerprint density at radius 3 is 1.18 bits per heavy atom. The second-order valence-corrected chi connectivity index (χ2v) is 6.37. The fraction of sp³-hybridized carbons (Fsp3) is 0.875. The van der Waals surface area contributed by atoms with Crippen LogP contribution in [0.3, 0.4) is 0 Å². The quantitative estimate of drug-likeness (QED) is 0.308. The smallest absolute Gasteiger partial charge is 0.340 e. The molecule has 22 heavy (non-hydrogen) atoms. The van der Waals surface area contributed by atoms with Crippen molar-refractivity contribution in [2.24, 2.45) is 11.8 Å². The van der Waals surface area contributed by atoms with Gasteiger partial charge in [0.2, 0.25) is 0 Å². The fourth-order valence-electron chi connectivity index (χ4n) is 1.39. The molecule has 0 amide bonds. The van der Waals surface area contributed by atoms with Gasteiger partial charge in [-0.15, -0.1) is 0 Å². The van der Waals surface area contributed by atoms with Gasteiger partial charge in [0.25, 0.3) is 0 Å². The number of hydrogen-bond acceptors (Lipinski definition) is 1. The zero-order chi connectivity index (χ0) is 17.3. The summed E-state index contributed by atoms with van der Waals surface area (Å²) < 4.78 is 8.88. The van der Waals surface area contributed by atoms with Crippen molar-refractivity contribution in [2.75, 3.05) is 0 Å². The van der Waals surface area contributed by atoms with E-state index in [1.165, 1.54) is 51.4 Å². The van der Waals surface area contributed by atoms with Crippen LogP contribution >= 0.6 is 7.82 Å². The van der Waals surface area contributed by atoms with E-state index < -0.39 is 7.82 Å². The third-order valence-corrected chi connectivity index (χ3v) is 3.09. The molecule has 0 saturated carbocycles. The molecule has 0 aliphatic carbocycles. The molecule has 0 aliphatic heterocycles. The van der Waals surface area contributed by atoms with E-state index in [2.05, 4.69) is 41.5 Å². The minimum Gasteiger partial charge on any atom is -0.340 e. The van der Waals surface area contributed by atoms with Crippen LogP contribution in [0.5, 0.6) is 0 Å². The molecule has 0 heterocycles. The van der Waals surface area contributed by atoms with E-state index in [1.807, 2.05) is 0 Å². The van der Waals surface area contributed by atoms with E-state index in [4.69, 9.17) is 19.2 Å². The molecule has 4 nitrogen and oxygen atoms in total. The summed E-state index contributed by atoms with van der Waals surface area (Å²) in [5, 5.41) is 0. The summed E-state index contributed by atoms with van der Waals surface area (Å²) in [6, 6.07) is 0. The number of rotatable bonds is 8. The summed E-state index contributed by atoms with van der Waals surface area (Å²) in [7, 11) is -4.64. The zero-order valence-corrected chi connectivity index (χ0v) is 16.6. The van der Waals surface area contributed by atoms with Crippen LogP contribution < -0.4 is 0 Å². The first-order valence-electron chi connectivity index (χ1n) is 8.06. The van der Waals surface area contributed by atoms with Gasteiger partial charge < -0.3 is 28.5 Å². The average Bonchev–Trinajstić information content (AvgIpc) is 2.40. The molecular formula is C16H37NiO4P. The summed E-state index contributed by atoms with van der Waals surface area (Å²) in [5.41, 5.74) is 0. The molecule has 0 bridgehead atoms. The van der Waals surface area contributed by atoms with E-state index >= 15 is 0 Å². The number of phosphoric acid groups is 1. The van der Waals surface area contributed by atoms with Crippen LogP contribution in [0.4, 0.5) is 0 Å². The maximum atomic E-state index is 8.88. The predicted molar refractivity (Wildman–Crippen MR) is 91.6 cm³/mol. The van der Waals surface area contributed by atoms with Gasteiger partial charge >= 0.3 is 24.3 Å². The van der Waals surface area contributed by atoms with Crippen molar-refractivity contribution in [3.05, 3.63) is 13.8 Å². The van der Waals surface area contributed by atoms with Crippen LogP contribution in [0.1, 0.15) is 79.1 Å². The maximum absolute atomic E-state index is 8.88. The first kappa shape index (κ1) is 30.5. The van der Waals surface area contributed by atoms with Gasteiger partial charge in [-0.05, 0) is 0 Å². The Balaban J connectivity index is -0.000000111. The molecule has 140 valence electrons. The Labute approximate surface area is 148 Å². The van der Waals surface area contributed by atoms with Crippen molar-refractivity contribution in [1.82, 2.24) is 0 Å². The molecule has 2 unspecified atom stereocenters. The third-order valence-electron chi connectivity index (χ3n) is 3.09. The van der Waals surface area contributed by atoms with Gasteiger partial charge in [0, 0.05) is 0 Å². The van der Waals surface area contributed by atoms with Gasteiger partial charge in [0.05, 0.1) is 0 Å². The first-order chi connectivity index (χ1) is 9.62. The van der Waals surface area contributed by atoms with Gasteiger partial charge in [-0.3, -0.25) is 0 Å². The molecule has 0 aromatic heterocycles. The molecule has 0 aromatic rings. The largest absolute Gasteiger partial charge is 2.00 e. The van der Waals surface area contributed by atoms with Crippen LogP contribution in [-0.4, -0.2) is 14.7 Å². The Bertz CT molecular complexity index is 212. The summed E-state index contributed by atoms with van der Waals surface area (Å²) in [6.07, 6.45) is 10.4. The predicted octanol–water partition coefficient (Wildman–Crippen LogP) is 5.14. The van der Waals surface area contributed by atoms with Gasteiger partial charge in [-0.1, -0.05) is 79.1 Å². The summed E-state index contributed by atoms with van der Waals surface area (Å²) in [6.45, 7) is 16.8. The number of unbranched alkanes of at least 4 members (excludes halogenated alkanes) is 2. The summed E-state index contributed by atoms with van der Waals surface area (Å²) in [5.74, 6) is 1.41. The Morgan fingerprint density at radius 1 is 0.818 bits per heavy atom. The van der Waals surface area contributed by atoms with E-state index in [9.17, 15) is 0 Å². The Hall–Kier alpha value is 0.604. The van der Waals surface area contributed by atoms with E-state index in [1.54, 1.807) is 0 Å². The van der Waals surface area contributed by atoms with Crippen molar-refractivity contribution in [2.45, 2.75) is 79.1 Å². The third kappa shape index (κ3) is 49.8. The van der Waals surface area contributed by atoms with Gasteiger partial charge in [0.15, 0.2) is 0 Å². The van der Waals surface area contributed by atoms with Crippen molar-refractivity contribution < 1.29 is 35.7 Å². The molecule has 3 N–H and O–H groups in total. The molecular weight excluding hydrogens is 346 g/mol. The molecule has 6 heteroatoms. The van der Waals surface area contributed by atoms with Crippen LogP contribution in [0.15, 0.2) is 0 Å². The minimum atomic E-state index is -4.64. The monoisotopic (exact) mass is 382 g/mol. The van der Waals surface area contributed by atoms with E-state index in [0.717, 1.165) is 0 Å². The molecule has 0 fully saturated rings.